The molecule has 326 valence electrons. The topological polar surface area (TPSA) is 304 Å². The van der Waals surface area contributed by atoms with Crippen molar-refractivity contribution in [3.63, 3.8) is 0 Å². The van der Waals surface area contributed by atoms with Gasteiger partial charge in [-0.3, -0.25) is 38.4 Å². The number of aliphatic carboxylic acids is 3. The number of nitrogens with zero attached hydrogens (tertiary/aromatic N) is 1. The number of carboxylic acid groups (broad SMARTS) is 3. The zero-order chi connectivity index (χ0) is 44.5. The monoisotopic (exact) mass is 837 g/mol. The Hall–Kier alpha value is -6.37. The summed E-state index contributed by atoms with van der Waals surface area (Å²) >= 11 is 0. The third kappa shape index (κ3) is 15.4. The van der Waals surface area contributed by atoms with Crippen LogP contribution in [0.4, 0.5) is 0 Å². The Morgan fingerprint density at radius 2 is 1.15 bits per heavy atom. The highest BCUT2D eigenvalue weighted by atomic mass is 16.4. The molecule has 1 heterocycles. The summed E-state index contributed by atoms with van der Waals surface area (Å²) in [6.45, 7) is 5.02. The highest BCUT2D eigenvalue weighted by molar-refractivity contribution is 5.98. The fraction of sp³-hybridized carbons (Fsp3) is 0.488. The van der Waals surface area contributed by atoms with E-state index in [9.17, 15) is 58.5 Å². The average Bonchev–Trinajstić information content (AvgIpc) is 3.68. The van der Waals surface area contributed by atoms with Gasteiger partial charge < -0.3 is 52.5 Å². The number of amides is 6. The summed E-state index contributed by atoms with van der Waals surface area (Å²) in [6.07, 6.45) is -1.32. The van der Waals surface area contributed by atoms with Gasteiger partial charge in [-0.15, -0.1) is 0 Å². The van der Waals surface area contributed by atoms with Gasteiger partial charge in [-0.2, -0.15) is 0 Å². The van der Waals surface area contributed by atoms with Crippen LogP contribution in [0.3, 0.4) is 0 Å². The number of benzene rings is 2. The number of hydrogen-bond acceptors (Lipinski definition) is 10. The second kappa shape index (κ2) is 23.3. The van der Waals surface area contributed by atoms with Gasteiger partial charge in [0, 0.05) is 25.8 Å². The molecule has 7 atom stereocenters. The zero-order valence-electron chi connectivity index (χ0n) is 33.8. The molecular formula is C41H55N7O12. The quantitative estimate of drug-likeness (QED) is 0.0696. The number of nitrogens with one attached hydrogen (secondary N) is 5. The van der Waals surface area contributed by atoms with Crippen LogP contribution in [0.2, 0.25) is 0 Å². The van der Waals surface area contributed by atoms with E-state index in [4.69, 9.17) is 5.73 Å². The summed E-state index contributed by atoms with van der Waals surface area (Å²) in [4.78, 5) is 118. The lowest BCUT2D eigenvalue weighted by atomic mass is 10.0. The van der Waals surface area contributed by atoms with Gasteiger partial charge in [0.05, 0.1) is 12.5 Å². The smallest absolute Gasteiger partial charge is 0.326 e. The summed E-state index contributed by atoms with van der Waals surface area (Å²) < 4.78 is 0. The molecule has 1 aliphatic rings. The van der Waals surface area contributed by atoms with Gasteiger partial charge in [0.25, 0.3) is 0 Å². The first-order valence-corrected chi connectivity index (χ1v) is 19.7. The number of hydrogen-bond donors (Lipinski definition) is 9. The number of rotatable bonds is 23. The van der Waals surface area contributed by atoms with Gasteiger partial charge >= 0.3 is 17.9 Å². The second-order valence-electron chi connectivity index (χ2n) is 15.2. The predicted octanol–water partition coefficient (Wildman–Crippen LogP) is -0.296. The molecule has 19 heteroatoms. The molecule has 0 aromatic heterocycles. The van der Waals surface area contributed by atoms with Crippen LogP contribution in [0.25, 0.3) is 0 Å². The third-order valence-corrected chi connectivity index (χ3v) is 9.68. The van der Waals surface area contributed by atoms with Crippen molar-refractivity contribution in [2.24, 2.45) is 11.7 Å². The van der Waals surface area contributed by atoms with Crippen molar-refractivity contribution in [1.82, 2.24) is 31.5 Å². The summed E-state index contributed by atoms with van der Waals surface area (Å²) in [7, 11) is 0. The van der Waals surface area contributed by atoms with Crippen LogP contribution in [0, 0.1) is 5.92 Å². The van der Waals surface area contributed by atoms with Gasteiger partial charge in [0.1, 0.15) is 36.3 Å². The van der Waals surface area contributed by atoms with Crippen LogP contribution in [0.1, 0.15) is 70.4 Å². The first-order valence-electron chi connectivity index (χ1n) is 19.7. The molecule has 2 aromatic rings. The molecular weight excluding hydrogens is 782 g/mol. The average molecular weight is 838 g/mol. The van der Waals surface area contributed by atoms with Crippen molar-refractivity contribution in [2.75, 3.05) is 6.54 Å². The van der Waals surface area contributed by atoms with E-state index in [1.807, 2.05) is 0 Å². The molecule has 0 radical (unpaired) electrons. The number of nitrogens with two attached hydrogens (primary N) is 1. The molecule has 19 nitrogen and oxygen atoms in total. The SMILES string of the molecule is CC(C)C[C@H](NC(=O)[C@H](CC(=O)O)NC(=O)[C@H](C)N)C(=O)N1CCC[C@H]1C(=O)N[C@@H](Cc1ccccc1)C(=O)N[C@@H](CCC(=O)O)C(=O)N[C@@H](Cc1ccccc1)C(=O)O. The van der Waals surface area contributed by atoms with Crippen LogP contribution in [0.5, 0.6) is 0 Å². The maximum absolute atomic E-state index is 14.1. The van der Waals surface area contributed by atoms with E-state index in [0.717, 1.165) is 0 Å². The molecule has 10 N–H and O–H groups in total. The fourth-order valence-corrected chi connectivity index (χ4v) is 6.61. The lowest BCUT2D eigenvalue weighted by Crippen LogP contribution is -2.60. The molecule has 0 spiro atoms. The largest absolute Gasteiger partial charge is 0.481 e. The van der Waals surface area contributed by atoms with E-state index in [1.54, 1.807) is 74.5 Å². The molecule has 0 bridgehead atoms. The van der Waals surface area contributed by atoms with Crippen molar-refractivity contribution >= 4 is 53.4 Å². The number of likely N-dealkylation sites (tertiary alicyclic amines) is 1. The highest BCUT2D eigenvalue weighted by Gasteiger charge is 2.40. The Labute approximate surface area is 347 Å². The molecule has 2 aromatic carbocycles. The molecule has 3 rings (SSSR count). The third-order valence-electron chi connectivity index (χ3n) is 9.68. The molecule has 0 aliphatic carbocycles. The van der Waals surface area contributed by atoms with Crippen LogP contribution >= 0.6 is 0 Å². The molecule has 1 fully saturated rings. The highest BCUT2D eigenvalue weighted by Crippen LogP contribution is 2.21. The summed E-state index contributed by atoms with van der Waals surface area (Å²) in [5.74, 6) is -9.14. The van der Waals surface area contributed by atoms with Crippen molar-refractivity contribution in [2.45, 2.75) is 114 Å². The number of carbonyl (C=O) groups is 9. The van der Waals surface area contributed by atoms with Gasteiger partial charge in [-0.05, 0) is 49.7 Å². The van der Waals surface area contributed by atoms with Gasteiger partial charge in [0.15, 0.2) is 0 Å². The van der Waals surface area contributed by atoms with E-state index < -0.39 is 115 Å². The summed E-state index contributed by atoms with van der Waals surface area (Å²) in [5, 5.41) is 41.1. The van der Waals surface area contributed by atoms with Crippen LogP contribution in [0.15, 0.2) is 60.7 Å². The summed E-state index contributed by atoms with van der Waals surface area (Å²) in [5.41, 5.74) is 6.80. The van der Waals surface area contributed by atoms with E-state index in [-0.39, 0.29) is 38.1 Å². The maximum Gasteiger partial charge on any atom is 0.326 e. The summed E-state index contributed by atoms with van der Waals surface area (Å²) in [6, 6.07) is 7.74. The Morgan fingerprint density at radius 3 is 1.67 bits per heavy atom. The minimum atomic E-state index is -1.56. The Kier molecular flexibility index (Phi) is 18.6. The Bertz CT molecular complexity index is 1840. The van der Waals surface area contributed by atoms with Crippen LogP contribution < -0.4 is 32.3 Å². The molecule has 1 saturated heterocycles. The molecule has 60 heavy (non-hydrogen) atoms. The minimum absolute atomic E-state index is 0.0867. The lowest BCUT2D eigenvalue weighted by Gasteiger charge is -2.31. The van der Waals surface area contributed by atoms with Gasteiger partial charge in [-0.1, -0.05) is 74.5 Å². The van der Waals surface area contributed by atoms with Crippen molar-refractivity contribution in [1.29, 1.82) is 0 Å². The van der Waals surface area contributed by atoms with Crippen molar-refractivity contribution < 1.29 is 58.5 Å². The molecule has 0 saturated carbocycles. The van der Waals surface area contributed by atoms with E-state index in [0.29, 0.717) is 17.5 Å². The van der Waals surface area contributed by atoms with Crippen LogP contribution in [-0.2, 0) is 56.0 Å². The predicted molar refractivity (Wildman–Crippen MR) is 215 cm³/mol. The van der Waals surface area contributed by atoms with E-state index >= 15 is 0 Å². The van der Waals surface area contributed by atoms with Crippen molar-refractivity contribution in [3.05, 3.63) is 71.8 Å². The normalized spacial score (nSPS) is 16.6. The first-order chi connectivity index (χ1) is 28.4. The van der Waals surface area contributed by atoms with Gasteiger partial charge in [-0.25, -0.2) is 4.79 Å². The first kappa shape index (κ1) is 48.0. The van der Waals surface area contributed by atoms with Crippen LogP contribution in [-0.4, -0.2) is 122 Å². The second-order valence-corrected chi connectivity index (χ2v) is 15.2. The molecule has 1 aliphatic heterocycles. The van der Waals surface area contributed by atoms with Crippen molar-refractivity contribution in [3.8, 4) is 0 Å². The maximum atomic E-state index is 14.1. The number of carbonyl (C=O) groups excluding carboxylic acids is 6. The molecule has 6 amide bonds. The van der Waals surface area contributed by atoms with E-state index in [2.05, 4.69) is 26.6 Å². The lowest BCUT2D eigenvalue weighted by molar-refractivity contribution is -0.144. The standard InChI is InChI=1S/C41H55N7O12/c1-23(2)19-30(46-38(56)29(22-34(51)52)44-35(53)24(3)42)40(58)48-18-10-15-32(48)39(57)45-28(20-25-11-6-4-7-12-25)37(55)43-27(16-17-33(49)50)36(54)47-31(41(59)60)21-26-13-8-5-9-14-26/h4-9,11-14,23-24,27-32H,10,15-22,42H2,1-3H3,(H,43,55)(H,44,53)(H,45,57)(H,46,56)(H,47,54)(H,49,50)(H,51,52)(H,59,60)/t24-,27-,28-,29-,30-,31-,32-/m0/s1. The minimum Gasteiger partial charge on any atom is -0.481 e. The Morgan fingerprint density at radius 1 is 0.650 bits per heavy atom. The van der Waals surface area contributed by atoms with Gasteiger partial charge in [0.2, 0.25) is 35.4 Å². The molecule has 0 unspecified atom stereocenters. The Balaban J connectivity index is 1.86. The number of carboxylic acids is 3. The zero-order valence-corrected chi connectivity index (χ0v) is 33.8. The fourth-order valence-electron chi connectivity index (χ4n) is 6.61. The van der Waals surface area contributed by atoms with E-state index in [1.165, 1.54) is 11.8 Å².